The number of amides is 1. The van der Waals surface area contributed by atoms with Gasteiger partial charge in [-0.1, -0.05) is 44.2 Å². The van der Waals surface area contributed by atoms with Crippen LogP contribution in [0.2, 0.25) is 0 Å². The van der Waals surface area contributed by atoms with Gasteiger partial charge in [-0.25, -0.2) is 0 Å². The first-order valence-corrected chi connectivity index (χ1v) is 7.17. The van der Waals surface area contributed by atoms with Gasteiger partial charge in [0.25, 0.3) is 0 Å². The van der Waals surface area contributed by atoms with E-state index in [1.54, 1.807) is 7.11 Å². The third kappa shape index (κ3) is 4.05. The second-order valence-electron chi connectivity index (χ2n) is 5.13. The molecule has 1 aromatic carbocycles. The zero-order valence-corrected chi connectivity index (χ0v) is 12.7. The Morgan fingerprint density at radius 3 is 2.40 bits per heavy atom. The van der Waals surface area contributed by atoms with E-state index in [-0.39, 0.29) is 17.9 Å². The maximum atomic E-state index is 11.9. The fourth-order valence-electron chi connectivity index (χ4n) is 2.44. The van der Waals surface area contributed by atoms with E-state index in [0.717, 1.165) is 12.8 Å². The highest BCUT2D eigenvalue weighted by atomic mass is 16.5. The van der Waals surface area contributed by atoms with Crippen molar-refractivity contribution in [3.05, 3.63) is 35.9 Å². The molecule has 4 nitrogen and oxygen atoms in total. The predicted molar refractivity (Wildman–Crippen MR) is 81.6 cm³/mol. The Balaban J connectivity index is 2.76. The van der Waals surface area contributed by atoms with Crippen molar-refractivity contribution in [2.24, 2.45) is 5.73 Å². The van der Waals surface area contributed by atoms with Crippen molar-refractivity contribution in [2.75, 3.05) is 20.3 Å². The van der Waals surface area contributed by atoms with E-state index in [0.29, 0.717) is 6.54 Å². The number of hydrogen-bond acceptors (Lipinski definition) is 3. The van der Waals surface area contributed by atoms with E-state index in [2.05, 4.69) is 31.3 Å². The lowest BCUT2D eigenvalue weighted by Gasteiger charge is -2.33. The van der Waals surface area contributed by atoms with Crippen LogP contribution in [0.4, 0.5) is 0 Å². The van der Waals surface area contributed by atoms with Crippen molar-refractivity contribution in [1.29, 1.82) is 0 Å². The number of hydrogen-bond donors (Lipinski definition) is 2. The number of nitrogens with one attached hydrogen (secondary N) is 1. The number of ether oxygens (including phenoxy) is 1. The molecule has 3 N–H and O–H groups in total. The highest BCUT2D eigenvalue weighted by Crippen LogP contribution is 2.30. The molecule has 0 radical (unpaired) electrons. The van der Waals surface area contributed by atoms with Crippen LogP contribution in [0.15, 0.2) is 30.3 Å². The summed E-state index contributed by atoms with van der Waals surface area (Å²) in [6.07, 6.45) is 1.93. The molecule has 1 unspecified atom stereocenters. The molecule has 0 saturated carbocycles. The number of carbonyl (C=O) groups is 1. The van der Waals surface area contributed by atoms with E-state index < -0.39 is 6.04 Å². The molecular formula is C16H26N2O2. The molecule has 0 spiro atoms. The van der Waals surface area contributed by atoms with Crippen LogP contribution in [0.3, 0.4) is 0 Å². The summed E-state index contributed by atoms with van der Waals surface area (Å²) in [4.78, 5) is 11.9. The molecule has 112 valence electrons. The van der Waals surface area contributed by atoms with E-state index in [1.807, 2.05) is 18.2 Å². The lowest BCUT2D eigenvalue weighted by Crippen LogP contribution is -2.48. The second kappa shape index (κ2) is 8.02. The molecule has 0 aliphatic carbocycles. The Morgan fingerprint density at radius 2 is 1.90 bits per heavy atom. The van der Waals surface area contributed by atoms with Gasteiger partial charge in [-0.15, -0.1) is 0 Å². The summed E-state index contributed by atoms with van der Waals surface area (Å²) in [6.45, 7) is 5.14. The minimum Gasteiger partial charge on any atom is -0.383 e. The summed E-state index contributed by atoms with van der Waals surface area (Å²) in [5, 5.41) is 2.96. The van der Waals surface area contributed by atoms with Crippen molar-refractivity contribution >= 4 is 5.91 Å². The van der Waals surface area contributed by atoms with E-state index >= 15 is 0 Å². The van der Waals surface area contributed by atoms with Crippen molar-refractivity contribution in [3.63, 3.8) is 0 Å². The number of carbonyl (C=O) groups excluding carboxylic acids is 1. The first kappa shape index (κ1) is 16.7. The molecular weight excluding hydrogens is 252 g/mol. The molecule has 0 bridgehead atoms. The van der Waals surface area contributed by atoms with Crippen LogP contribution in [-0.2, 0) is 14.9 Å². The first-order valence-electron chi connectivity index (χ1n) is 7.17. The Hall–Kier alpha value is -1.39. The summed E-state index contributed by atoms with van der Waals surface area (Å²) in [7, 11) is 1.54. The molecule has 1 rings (SSSR count). The van der Waals surface area contributed by atoms with Crippen LogP contribution < -0.4 is 11.1 Å². The summed E-state index contributed by atoms with van der Waals surface area (Å²) < 4.78 is 4.91. The molecule has 0 fully saturated rings. The SMILES string of the molecule is CCC(CC)(CNC(=O)C(N)COC)c1ccccc1. The molecule has 0 aliphatic heterocycles. The maximum absolute atomic E-state index is 11.9. The molecule has 0 aliphatic rings. The van der Waals surface area contributed by atoms with Crippen molar-refractivity contribution in [2.45, 2.75) is 38.1 Å². The van der Waals surface area contributed by atoms with E-state index in [9.17, 15) is 4.79 Å². The number of methoxy groups -OCH3 is 1. The van der Waals surface area contributed by atoms with Crippen molar-refractivity contribution in [1.82, 2.24) is 5.32 Å². The standard InChI is InChI=1S/C16H26N2O2/c1-4-16(5-2,13-9-7-6-8-10-13)12-18-15(19)14(17)11-20-3/h6-10,14H,4-5,11-12,17H2,1-3H3,(H,18,19). The fourth-order valence-corrected chi connectivity index (χ4v) is 2.44. The van der Waals surface area contributed by atoms with Crippen LogP contribution in [0.25, 0.3) is 0 Å². The summed E-state index contributed by atoms with van der Waals surface area (Å²) in [5.41, 5.74) is 6.96. The van der Waals surface area contributed by atoms with Gasteiger partial charge in [-0.05, 0) is 18.4 Å². The third-order valence-electron chi connectivity index (χ3n) is 4.02. The zero-order chi connectivity index (χ0) is 15.0. The van der Waals surface area contributed by atoms with Gasteiger partial charge >= 0.3 is 0 Å². The van der Waals surface area contributed by atoms with E-state index in [1.165, 1.54) is 5.56 Å². The second-order valence-corrected chi connectivity index (χ2v) is 5.13. The largest absolute Gasteiger partial charge is 0.383 e. The third-order valence-corrected chi connectivity index (χ3v) is 4.02. The normalized spacial score (nSPS) is 13.0. The molecule has 4 heteroatoms. The first-order chi connectivity index (χ1) is 9.59. The molecule has 0 heterocycles. The molecule has 0 aromatic heterocycles. The van der Waals surface area contributed by atoms with E-state index in [4.69, 9.17) is 10.5 Å². The maximum Gasteiger partial charge on any atom is 0.239 e. The quantitative estimate of drug-likeness (QED) is 0.762. The Kier molecular flexibility index (Phi) is 6.68. The summed E-state index contributed by atoms with van der Waals surface area (Å²) in [5.74, 6) is -0.158. The summed E-state index contributed by atoms with van der Waals surface area (Å²) in [6, 6.07) is 9.71. The highest BCUT2D eigenvalue weighted by molar-refractivity contribution is 5.81. The number of benzene rings is 1. The van der Waals surface area contributed by atoms with Crippen LogP contribution in [0, 0.1) is 0 Å². The van der Waals surface area contributed by atoms with Gasteiger partial charge in [-0.2, -0.15) is 0 Å². The highest BCUT2D eigenvalue weighted by Gasteiger charge is 2.29. The molecule has 1 aromatic rings. The summed E-state index contributed by atoms with van der Waals surface area (Å²) >= 11 is 0. The van der Waals surface area contributed by atoms with Crippen LogP contribution in [0.5, 0.6) is 0 Å². The van der Waals surface area contributed by atoms with Gasteiger partial charge < -0.3 is 15.8 Å². The lowest BCUT2D eigenvalue weighted by atomic mass is 9.76. The van der Waals surface area contributed by atoms with Crippen molar-refractivity contribution in [3.8, 4) is 0 Å². The van der Waals surface area contributed by atoms with Gasteiger partial charge in [0.2, 0.25) is 5.91 Å². The van der Waals surface area contributed by atoms with Crippen LogP contribution >= 0.6 is 0 Å². The smallest absolute Gasteiger partial charge is 0.239 e. The minimum atomic E-state index is -0.609. The average Bonchev–Trinajstić information content (AvgIpc) is 2.50. The number of rotatable bonds is 8. The number of nitrogens with two attached hydrogens (primary N) is 1. The predicted octanol–water partition coefficient (Wildman–Crippen LogP) is 1.83. The van der Waals surface area contributed by atoms with Gasteiger partial charge in [0, 0.05) is 19.1 Å². The van der Waals surface area contributed by atoms with Gasteiger partial charge in [0.05, 0.1) is 6.61 Å². The van der Waals surface area contributed by atoms with Crippen LogP contribution in [0.1, 0.15) is 32.3 Å². The molecule has 0 saturated heterocycles. The molecule has 20 heavy (non-hydrogen) atoms. The van der Waals surface area contributed by atoms with Crippen LogP contribution in [-0.4, -0.2) is 32.2 Å². The van der Waals surface area contributed by atoms with Gasteiger partial charge in [0.1, 0.15) is 6.04 Å². The Bertz CT molecular complexity index is 402. The average molecular weight is 278 g/mol. The van der Waals surface area contributed by atoms with Gasteiger partial charge in [-0.3, -0.25) is 4.79 Å². The lowest BCUT2D eigenvalue weighted by molar-refractivity contribution is -0.123. The molecule has 1 amide bonds. The van der Waals surface area contributed by atoms with Gasteiger partial charge in [0.15, 0.2) is 0 Å². The topological polar surface area (TPSA) is 64.4 Å². The monoisotopic (exact) mass is 278 g/mol. The molecule has 1 atom stereocenters. The zero-order valence-electron chi connectivity index (χ0n) is 12.7. The fraction of sp³-hybridized carbons (Fsp3) is 0.562. The Morgan fingerprint density at radius 1 is 1.30 bits per heavy atom. The Labute approximate surface area is 121 Å². The van der Waals surface area contributed by atoms with Crippen molar-refractivity contribution < 1.29 is 9.53 Å². The minimum absolute atomic E-state index is 0.0380.